The van der Waals surface area contributed by atoms with Crippen molar-refractivity contribution in [1.29, 1.82) is 0 Å². The third kappa shape index (κ3) is 3.70. The van der Waals surface area contributed by atoms with Crippen LogP contribution in [0.1, 0.15) is 11.6 Å². The van der Waals surface area contributed by atoms with Gasteiger partial charge in [0.15, 0.2) is 5.58 Å². The second-order valence-electron chi connectivity index (χ2n) is 5.47. The van der Waals surface area contributed by atoms with Crippen LogP contribution in [0.5, 0.6) is 0 Å². The van der Waals surface area contributed by atoms with Gasteiger partial charge in [-0.25, -0.2) is 14.8 Å². The van der Waals surface area contributed by atoms with Gasteiger partial charge in [-0.05, 0) is 12.1 Å². The quantitative estimate of drug-likeness (QED) is 0.380. The fourth-order valence-corrected chi connectivity index (χ4v) is 3.19. The van der Waals surface area contributed by atoms with Crippen LogP contribution in [0.2, 0.25) is 0 Å². The number of nitrogens with zero attached hydrogens (tertiary/aromatic N) is 2. The van der Waals surface area contributed by atoms with Crippen LogP contribution in [0.4, 0.5) is 0 Å². The number of hydrogen-bond donors (Lipinski definition) is 0. The minimum atomic E-state index is -0.471. The van der Waals surface area contributed by atoms with Crippen molar-refractivity contribution >= 4 is 34.5 Å². The van der Waals surface area contributed by atoms with E-state index in [-0.39, 0.29) is 6.61 Å². The van der Waals surface area contributed by atoms with E-state index in [1.165, 1.54) is 23.5 Å². The Balaban J connectivity index is 1.36. The van der Waals surface area contributed by atoms with E-state index in [1.54, 1.807) is 0 Å². The normalized spacial score (nSPS) is 11.2. The van der Waals surface area contributed by atoms with Gasteiger partial charge in [-0.2, -0.15) is 0 Å². The summed E-state index contributed by atoms with van der Waals surface area (Å²) < 4.78 is 10.7. The van der Waals surface area contributed by atoms with Crippen LogP contribution in [-0.2, 0) is 16.1 Å². The maximum Gasteiger partial charge on any atom is 0.331 e. The zero-order valence-electron chi connectivity index (χ0n) is 13.7. The molecule has 26 heavy (non-hydrogen) atoms. The van der Waals surface area contributed by atoms with E-state index >= 15 is 0 Å². The van der Waals surface area contributed by atoms with Gasteiger partial charge in [0, 0.05) is 23.1 Å². The largest absolute Gasteiger partial charge is 0.456 e. The third-order valence-corrected chi connectivity index (χ3v) is 4.55. The Bertz CT molecular complexity index is 1030. The highest BCUT2D eigenvalue weighted by atomic mass is 32.1. The first-order valence-corrected chi connectivity index (χ1v) is 8.86. The van der Waals surface area contributed by atoms with Crippen molar-refractivity contribution in [3.8, 4) is 10.6 Å². The van der Waals surface area contributed by atoms with Crippen LogP contribution in [0.25, 0.3) is 27.7 Å². The number of ether oxygens (including phenoxy) is 1. The molecule has 0 fully saturated rings. The second kappa shape index (κ2) is 7.33. The first-order valence-electron chi connectivity index (χ1n) is 7.98. The number of carbonyl (C=O) groups is 1. The maximum atomic E-state index is 11.9. The summed E-state index contributed by atoms with van der Waals surface area (Å²) in [5, 5.41) is 2.79. The van der Waals surface area contributed by atoms with Crippen LogP contribution >= 0.6 is 11.3 Å². The molecule has 0 spiro atoms. The average molecular weight is 362 g/mol. The summed E-state index contributed by atoms with van der Waals surface area (Å²) in [5.74, 6) is -0.107. The van der Waals surface area contributed by atoms with Crippen molar-refractivity contribution in [2.45, 2.75) is 6.61 Å². The topological polar surface area (TPSA) is 65.2 Å². The molecule has 0 aliphatic heterocycles. The lowest BCUT2D eigenvalue weighted by Crippen LogP contribution is -2.00. The number of para-hydroxylation sites is 2. The number of rotatable bonds is 5. The minimum absolute atomic E-state index is 0.125. The number of thiazole rings is 1. The Labute approximate surface area is 153 Å². The number of hydrogen-bond acceptors (Lipinski definition) is 6. The Kier molecular flexibility index (Phi) is 4.57. The number of esters is 1. The molecule has 2 aromatic heterocycles. The third-order valence-electron chi connectivity index (χ3n) is 3.61. The van der Waals surface area contributed by atoms with Gasteiger partial charge in [-0.1, -0.05) is 42.5 Å². The molecule has 0 aliphatic rings. The smallest absolute Gasteiger partial charge is 0.331 e. The van der Waals surface area contributed by atoms with Gasteiger partial charge in [0.1, 0.15) is 17.1 Å². The number of aromatic nitrogens is 2. The molecule has 6 heteroatoms. The van der Waals surface area contributed by atoms with Crippen molar-refractivity contribution in [1.82, 2.24) is 9.97 Å². The summed E-state index contributed by atoms with van der Waals surface area (Å²) in [6.07, 6.45) is 2.80. The molecule has 5 nitrogen and oxygen atoms in total. The van der Waals surface area contributed by atoms with Crippen molar-refractivity contribution in [2.24, 2.45) is 0 Å². The van der Waals surface area contributed by atoms with E-state index in [0.717, 1.165) is 21.8 Å². The van der Waals surface area contributed by atoms with Gasteiger partial charge in [0.25, 0.3) is 0 Å². The van der Waals surface area contributed by atoms with Gasteiger partial charge < -0.3 is 9.15 Å². The molecule has 4 rings (SSSR count). The Hall–Kier alpha value is -3.25. The van der Waals surface area contributed by atoms with Crippen LogP contribution in [-0.4, -0.2) is 15.9 Å². The molecule has 4 aromatic rings. The molecule has 0 N–H and O–H groups in total. The first kappa shape index (κ1) is 16.2. The van der Waals surface area contributed by atoms with Gasteiger partial charge in [0.2, 0.25) is 5.89 Å². The molecule has 0 bridgehead atoms. The van der Waals surface area contributed by atoms with E-state index in [9.17, 15) is 4.79 Å². The van der Waals surface area contributed by atoms with Crippen LogP contribution in [0.3, 0.4) is 0 Å². The fourth-order valence-electron chi connectivity index (χ4n) is 2.38. The van der Waals surface area contributed by atoms with Gasteiger partial charge in [0.05, 0.1) is 5.69 Å². The molecule has 0 saturated heterocycles. The summed E-state index contributed by atoms with van der Waals surface area (Å²) in [5.41, 5.74) is 3.19. The van der Waals surface area contributed by atoms with E-state index in [2.05, 4.69) is 9.97 Å². The summed E-state index contributed by atoms with van der Waals surface area (Å²) >= 11 is 1.52. The standard InChI is InChI=1S/C20H14N2O3S/c23-19(11-10-18-22-16-8-4-5-9-17(16)25-18)24-12-15-13-26-20(21-15)14-6-2-1-3-7-14/h1-11,13H,12H2/b11-10+. The Morgan fingerprint density at radius 1 is 1.08 bits per heavy atom. The molecular weight excluding hydrogens is 348 g/mol. The van der Waals surface area contributed by atoms with Crippen molar-refractivity contribution in [3.05, 3.63) is 77.6 Å². The number of fused-ring (bicyclic) bond motifs is 1. The van der Waals surface area contributed by atoms with Gasteiger partial charge in [-0.15, -0.1) is 11.3 Å². The fraction of sp³-hybridized carbons (Fsp3) is 0.0500. The van der Waals surface area contributed by atoms with Crippen LogP contribution in [0.15, 0.2) is 70.5 Å². The summed E-state index contributed by atoms with van der Waals surface area (Å²) in [6, 6.07) is 17.3. The lowest BCUT2D eigenvalue weighted by atomic mass is 10.2. The predicted molar refractivity (Wildman–Crippen MR) is 100 cm³/mol. The summed E-state index contributed by atoms with van der Waals surface area (Å²) in [7, 11) is 0. The van der Waals surface area contributed by atoms with E-state index in [4.69, 9.17) is 9.15 Å². The Morgan fingerprint density at radius 2 is 1.88 bits per heavy atom. The average Bonchev–Trinajstić information content (AvgIpc) is 3.32. The molecule has 0 radical (unpaired) electrons. The summed E-state index contributed by atoms with van der Waals surface area (Å²) in [4.78, 5) is 20.6. The predicted octanol–water partition coefficient (Wildman–Crippen LogP) is 4.71. The number of carbonyl (C=O) groups excluding carboxylic acids is 1. The molecule has 0 unspecified atom stereocenters. The zero-order chi connectivity index (χ0) is 17.8. The molecule has 0 amide bonds. The zero-order valence-corrected chi connectivity index (χ0v) is 14.5. The number of benzene rings is 2. The van der Waals surface area contributed by atoms with Gasteiger partial charge in [-0.3, -0.25) is 0 Å². The molecular formula is C20H14N2O3S. The second-order valence-corrected chi connectivity index (χ2v) is 6.33. The molecule has 128 valence electrons. The SMILES string of the molecule is O=C(/C=C/c1nc2ccccc2o1)OCc1csc(-c2ccccc2)n1. The Morgan fingerprint density at radius 3 is 2.73 bits per heavy atom. The van der Waals surface area contributed by atoms with Crippen LogP contribution in [0, 0.1) is 0 Å². The highest BCUT2D eigenvalue weighted by molar-refractivity contribution is 7.13. The monoisotopic (exact) mass is 362 g/mol. The summed E-state index contributed by atoms with van der Waals surface area (Å²) in [6.45, 7) is 0.125. The van der Waals surface area contributed by atoms with E-state index in [1.807, 2.05) is 60.0 Å². The molecule has 2 heterocycles. The highest BCUT2D eigenvalue weighted by Gasteiger charge is 2.07. The molecule has 2 aromatic carbocycles. The number of oxazole rings is 1. The van der Waals surface area contributed by atoms with E-state index < -0.39 is 5.97 Å². The van der Waals surface area contributed by atoms with E-state index in [0.29, 0.717) is 11.5 Å². The van der Waals surface area contributed by atoms with Crippen molar-refractivity contribution in [3.63, 3.8) is 0 Å². The minimum Gasteiger partial charge on any atom is -0.456 e. The molecule has 0 aliphatic carbocycles. The van der Waals surface area contributed by atoms with Gasteiger partial charge >= 0.3 is 5.97 Å². The highest BCUT2D eigenvalue weighted by Crippen LogP contribution is 2.23. The molecule has 0 saturated carbocycles. The van der Waals surface area contributed by atoms with Crippen molar-refractivity contribution in [2.75, 3.05) is 0 Å². The van der Waals surface area contributed by atoms with Crippen molar-refractivity contribution < 1.29 is 13.9 Å². The lowest BCUT2D eigenvalue weighted by molar-refractivity contribution is -0.139. The molecule has 0 atom stereocenters. The first-order chi connectivity index (χ1) is 12.8. The van der Waals surface area contributed by atoms with Crippen LogP contribution < -0.4 is 0 Å². The lowest BCUT2D eigenvalue weighted by Gasteiger charge is -1.98. The maximum absolute atomic E-state index is 11.9.